The second kappa shape index (κ2) is 13.6. The van der Waals surface area contributed by atoms with Crippen molar-refractivity contribution in [1.82, 2.24) is 9.91 Å². The number of carbonyl (C=O) groups is 1. The van der Waals surface area contributed by atoms with Crippen LogP contribution in [0.3, 0.4) is 0 Å². The van der Waals surface area contributed by atoms with Crippen molar-refractivity contribution in [3.05, 3.63) is 107 Å². The van der Waals surface area contributed by atoms with Crippen molar-refractivity contribution in [2.75, 3.05) is 13.2 Å². The normalized spacial score (nSPS) is 13.3. The molecule has 3 aromatic rings. The molecule has 0 spiro atoms. The number of hydrogen-bond donors (Lipinski definition) is 1. The Kier molecular flexibility index (Phi) is 9.92. The van der Waals surface area contributed by atoms with Crippen molar-refractivity contribution in [3.8, 4) is 16.9 Å². The van der Waals surface area contributed by atoms with Crippen LogP contribution in [0.4, 0.5) is 0 Å². The maximum atomic E-state index is 11.9. The lowest BCUT2D eigenvalue weighted by molar-refractivity contribution is 0.0692. The summed E-state index contributed by atoms with van der Waals surface area (Å²) < 4.78 is 5.65. The predicted molar refractivity (Wildman–Crippen MR) is 171 cm³/mol. The van der Waals surface area contributed by atoms with Gasteiger partial charge in [0.05, 0.1) is 13.2 Å². The molecule has 4 rings (SSSR count). The molecular weight excluding hydrogens is 522 g/mol. The second-order valence-corrected chi connectivity index (χ2v) is 11.7. The van der Waals surface area contributed by atoms with Gasteiger partial charge in [-0.1, -0.05) is 94.6 Å². The van der Waals surface area contributed by atoms with Crippen LogP contribution in [0.15, 0.2) is 90.0 Å². The molecular formula is C36H43N3O3. The van der Waals surface area contributed by atoms with E-state index in [1.165, 1.54) is 16.7 Å². The third-order valence-electron chi connectivity index (χ3n) is 7.47. The summed E-state index contributed by atoms with van der Waals surface area (Å²) >= 11 is 0. The van der Waals surface area contributed by atoms with Gasteiger partial charge in [-0.3, -0.25) is 0 Å². The van der Waals surface area contributed by atoms with Crippen molar-refractivity contribution >= 4 is 11.8 Å². The van der Waals surface area contributed by atoms with E-state index in [2.05, 4.69) is 81.3 Å². The molecule has 0 aromatic heterocycles. The van der Waals surface area contributed by atoms with Gasteiger partial charge in [0.1, 0.15) is 17.1 Å². The highest BCUT2D eigenvalue weighted by Gasteiger charge is 2.27. The number of ether oxygens (including phenoxy) is 1. The van der Waals surface area contributed by atoms with Gasteiger partial charge in [0, 0.05) is 13.0 Å². The SMILES string of the molecule is C=C=C1N(Cc2ccc(C(C)(C)C)cc2)N=C(CCCc2cccc(-c3ccc(OCCC)c(C(=O)O)c3)c2)N1CC. The Morgan fingerprint density at radius 1 is 0.976 bits per heavy atom. The zero-order valence-corrected chi connectivity index (χ0v) is 25.6. The van der Waals surface area contributed by atoms with Crippen LogP contribution in [-0.4, -0.2) is 40.0 Å². The van der Waals surface area contributed by atoms with Gasteiger partial charge in [-0.05, 0) is 71.6 Å². The van der Waals surface area contributed by atoms with E-state index < -0.39 is 5.97 Å². The molecule has 0 amide bonds. The highest BCUT2D eigenvalue weighted by atomic mass is 16.5. The molecule has 1 N–H and O–H groups in total. The van der Waals surface area contributed by atoms with Crippen LogP contribution in [0.1, 0.15) is 80.9 Å². The molecule has 1 aliphatic rings. The largest absolute Gasteiger partial charge is 0.493 e. The minimum atomic E-state index is -0.985. The molecule has 1 heterocycles. The quantitative estimate of drug-likeness (QED) is 0.224. The third kappa shape index (κ3) is 7.32. The second-order valence-electron chi connectivity index (χ2n) is 11.7. The standard InChI is InChI=1S/C36H43N3O3/c1-7-22-42-32-21-18-29(24-31(32)35(40)41)28-14-10-12-26(23-28)13-11-15-33-37-39(34(8-2)38(33)9-3)25-27-16-19-30(20-17-27)36(4,5)6/h10,12,14,16-21,23-24H,2,7,9,11,13,15,22,25H2,1,3-6H3,(H,40,41). The van der Waals surface area contributed by atoms with Crippen molar-refractivity contribution in [3.63, 3.8) is 0 Å². The highest BCUT2D eigenvalue weighted by molar-refractivity contribution is 5.92. The zero-order chi connectivity index (χ0) is 30.3. The first-order valence-corrected chi connectivity index (χ1v) is 14.9. The first-order chi connectivity index (χ1) is 20.1. The molecule has 0 saturated carbocycles. The van der Waals surface area contributed by atoms with E-state index in [1.54, 1.807) is 12.1 Å². The number of aryl methyl sites for hydroxylation is 1. The van der Waals surface area contributed by atoms with Gasteiger partial charge in [0.15, 0.2) is 5.82 Å². The summed E-state index contributed by atoms with van der Waals surface area (Å²) in [5.41, 5.74) is 8.99. The van der Waals surface area contributed by atoms with E-state index in [0.717, 1.165) is 55.0 Å². The molecule has 0 fully saturated rings. The molecule has 0 saturated heterocycles. The zero-order valence-electron chi connectivity index (χ0n) is 25.6. The molecule has 42 heavy (non-hydrogen) atoms. The highest BCUT2D eigenvalue weighted by Crippen LogP contribution is 2.29. The maximum Gasteiger partial charge on any atom is 0.339 e. The average Bonchev–Trinajstić information content (AvgIpc) is 3.31. The van der Waals surface area contributed by atoms with Crippen molar-refractivity contribution < 1.29 is 14.6 Å². The molecule has 3 aromatic carbocycles. The Bertz CT molecular complexity index is 1480. The number of benzene rings is 3. The first-order valence-electron chi connectivity index (χ1n) is 14.9. The Balaban J connectivity index is 1.44. The predicted octanol–water partition coefficient (Wildman–Crippen LogP) is 8.24. The van der Waals surface area contributed by atoms with E-state index in [-0.39, 0.29) is 11.0 Å². The van der Waals surface area contributed by atoms with Crippen molar-refractivity contribution in [2.24, 2.45) is 5.10 Å². The van der Waals surface area contributed by atoms with Gasteiger partial charge in [0.2, 0.25) is 0 Å². The van der Waals surface area contributed by atoms with Crippen LogP contribution < -0.4 is 4.74 Å². The summed E-state index contributed by atoms with van der Waals surface area (Å²) in [7, 11) is 0. The summed E-state index contributed by atoms with van der Waals surface area (Å²) in [6, 6.07) is 22.5. The van der Waals surface area contributed by atoms with Crippen LogP contribution in [0, 0.1) is 0 Å². The number of hydrazone groups is 1. The number of amidine groups is 1. The van der Waals surface area contributed by atoms with Crippen LogP contribution in [0.5, 0.6) is 5.75 Å². The molecule has 220 valence electrons. The summed E-state index contributed by atoms with van der Waals surface area (Å²) in [5, 5.41) is 16.7. The van der Waals surface area contributed by atoms with E-state index in [4.69, 9.17) is 9.84 Å². The molecule has 0 bridgehead atoms. The van der Waals surface area contributed by atoms with E-state index >= 15 is 0 Å². The molecule has 6 heteroatoms. The maximum absolute atomic E-state index is 11.9. The van der Waals surface area contributed by atoms with Gasteiger partial charge in [-0.15, -0.1) is 0 Å². The Morgan fingerprint density at radius 3 is 2.36 bits per heavy atom. The number of rotatable bonds is 12. The number of carboxylic acid groups (broad SMARTS) is 1. The van der Waals surface area contributed by atoms with Crippen molar-refractivity contribution in [2.45, 2.75) is 72.3 Å². The van der Waals surface area contributed by atoms with E-state index in [0.29, 0.717) is 18.9 Å². The molecule has 0 atom stereocenters. The van der Waals surface area contributed by atoms with Gasteiger partial charge < -0.3 is 14.7 Å². The van der Waals surface area contributed by atoms with Crippen LogP contribution in [-0.2, 0) is 18.4 Å². The van der Waals surface area contributed by atoms with Crippen LogP contribution in [0.2, 0.25) is 0 Å². The van der Waals surface area contributed by atoms with Crippen LogP contribution in [0.25, 0.3) is 11.1 Å². The van der Waals surface area contributed by atoms with Crippen LogP contribution >= 0.6 is 0 Å². The third-order valence-corrected chi connectivity index (χ3v) is 7.47. The molecule has 0 radical (unpaired) electrons. The fraction of sp³-hybridized carbons (Fsp3) is 0.361. The average molecular weight is 566 g/mol. The summed E-state index contributed by atoms with van der Waals surface area (Å²) in [6.07, 6.45) is 3.46. The topological polar surface area (TPSA) is 65.4 Å². The number of nitrogens with zero attached hydrogens (tertiary/aromatic N) is 3. The summed E-state index contributed by atoms with van der Waals surface area (Å²) in [4.78, 5) is 14.1. The lowest BCUT2D eigenvalue weighted by Crippen LogP contribution is -2.28. The smallest absolute Gasteiger partial charge is 0.339 e. The Morgan fingerprint density at radius 2 is 1.71 bits per heavy atom. The van der Waals surface area contributed by atoms with Gasteiger partial charge in [-0.2, -0.15) is 5.10 Å². The number of aromatic carboxylic acids is 1. The first kappa shape index (κ1) is 30.7. The van der Waals surface area contributed by atoms with Crippen molar-refractivity contribution in [1.29, 1.82) is 0 Å². The summed E-state index contributed by atoms with van der Waals surface area (Å²) in [6.45, 7) is 16.7. The molecule has 6 nitrogen and oxygen atoms in total. The lowest BCUT2D eigenvalue weighted by atomic mass is 9.87. The Labute approximate surface area is 250 Å². The van der Waals surface area contributed by atoms with E-state index in [1.807, 2.05) is 30.1 Å². The monoisotopic (exact) mass is 565 g/mol. The number of carboxylic acids is 1. The molecule has 1 aliphatic heterocycles. The lowest BCUT2D eigenvalue weighted by Gasteiger charge is -2.22. The molecule has 0 unspecified atom stereocenters. The van der Waals surface area contributed by atoms with Gasteiger partial charge in [0.25, 0.3) is 0 Å². The summed E-state index contributed by atoms with van der Waals surface area (Å²) in [5.74, 6) is 1.35. The fourth-order valence-electron chi connectivity index (χ4n) is 5.17. The molecule has 0 aliphatic carbocycles. The van der Waals surface area contributed by atoms with E-state index in [9.17, 15) is 9.90 Å². The fourth-order valence-corrected chi connectivity index (χ4v) is 5.17. The minimum Gasteiger partial charge on any atom is -0.493 e. The van der Waals surface area contributed by atoms with Gasteiger partial charge in [-0.25, -0.2) is 9.80 Å². The minimum absolute atomic E-state index is 0.122. The Hall–Kier alpha value is -4.28. The van der Waals surface area contributed by atoms with Gasteiger partial charge >= 0.3 is 5.97 Å². The number of hydrogen-bond acceptors (Lipinski definition) is 5.